The molecule has 0 aliphatic rings. The maximum Gasteiger partial charge on any atom is 0.136 e. The molecule has 0 rings (SSSR count). The van der Waals surface area contributed by atoms with E-state index in [0.29, 0.717) is 0 Å². The van der Waals surface area contributed by atoms with Crippen molar-refractivity contribution >= 4 is 11.4 Å². The van der Waals surface area contributed by atoms with Gasteiger partial charge in [0.1, 0.15) is 10.9 Å². The van der Waals surface area contributed by atoms with Gasteiger partial charge in [-0.3, -0.25) is 0 Å². The molecule has 0 fully saturated rings. The number of aliphatic hydroxyl groups is 2. The van der Waals surface area contributed by atoms with Crippen molar-refractivity contribution in [2.75, 3.05) is 6.61 Å². The van der Waals surface area contributed by atoms with E-state index < -0.39 is 28.3 Å². The summed E-state index contributed by atoms with van der Waals surface area (Å²) in [5.41, 5.74) is 0. The van der Waals surface area contributed by atoms with Gasteiger partial charge in [-0.05, 0) is 20.8 Å². The smallest absolute Gasteiger partial charge is 0.136 e. The number of hydrogen-bond acceptors (Lipinski definition) is 4. The first-order valence-electron chi connectivity index (χ1n) is 4.42. The van der Waals surface area contributed by atoms with Crippen LogP contribution in [0.4, 0.5) is 0 Å². The van der Waals surface area contributed by atoms with E-state index in [1.165, 1.54) is 6.08 Å². The van der Waals surface area contributed by atoms with Crippen LogP contribution in [0.5, 0.6) is 0 Å². The van der Waals surface area contributed by atoms with E-state index in [9.17, 15) is 9.66 Å². The second-order valence-corrected chi connectivity index (χ2v) is 6.01. The van der Waals surface area contributed by atoms with Gasteiger partial charge in [0, 0.05) is 11.4 Å². The van der Waals surface area contributed by atoms with Crippen molar-refractivity contribution in [2.24, 2.45) is 0 Å². The van der Waals surface area contributed by atoms with Crippen LogP contribution in [0.3, 0.4) is 0 Å². The summed E-state index contributed by atoms with van der Waals surface area (Å²) in [5.74, 6) is 0. The Morgan fingerprint density at radius 2 is 2.07 bits per heavy atom. The van der Waals surface area contributed by atoms with Crippen LogP contribution in [-0.2, 0) is 11.4 Å². The molecule has 0 saturated carbocycles. The maximum atomic E-state index is 11.6. The zero-order valence-electron chi connectivity index (χ0n) is 8.86. The molecule has 0 bridgehead atoms. The minimum absolute atomic E-state index is 0.384. The lowest BCUT2D eigenvalue weighted by atomic mass is 10.2. The third-order valence-electron chi connectivity index (χ3n) is 1.65. The number of aliphatic hydroxyl groups excluding tert-OH is 2. The van der Waals surface area contributed by atoms with Gasteiger partial charge in [0.05, 0.1) is 12.6 Å². The Kier molecular flexibility index (Phi) is 5.70. The summed E-state index contributed by atoms with van der Waals surface area (Å²) in [5, 5.41) is 18.0. The first-order valence-corrected chi connectivity index (χ1v) is 5.57. The van der Waals surface area contributed by atoms with Gasteiger partial charge in [-0.15, -0.1) is 11.3 Å². The molecule has 5 heteroatoms. The fraction of sp³-hybridized carbons (Fsp3) is 0.778. The lowest BCUT2D eigenvalue weighted by molar-refractivity contribution is 0.0815. The highest BCUT2D eigenvalue weighted by Crippen LogP contribution is 2.14. The van der Waals surface area contributed by atoms with Gasteiger partial charge in [0.2, 0.25) is 0 Å². The first kappa shape index (κ1) is 13.9. The molecule has 0 spiro atoms. The van der Waals surface area contributed by atoms with E-state index >= 15 is 0 Å². The molecule has 0 aliphatic heterocycles. The van der Waals surface area contributed by atoms with Crippen molar-refractivity contribution < 1.29 is 14.8 Å². The highest BCUT2D eigenvalue weighted by Gasteiger charge is 2.30. The Morgan fingerprint density at radius 3 is 2.36 bits per heavy atom. The van der Waals surface area contributed by atoms with Crippen LogP contribution in [0.25, 0.3) is 0 Å². The monoisotopic (exact) mass is 221 g/mol. The Balaban J connectivity index is 4.25. The minimum Gasteiger partial charge on any atom is -0.598 e. The van der Waals surface area contributed by atoms with Crippen LogP contribution < -0.4 is 4.72 Å². The van der Waals surface area contributed by atoms with Crippen molar-refractivity contribution in [2.45, 2.75) is 37.7 Å². The first-order chi connectivity index (χ1) is 6.32. The molecule has 0 aliphatic carbocycles. The van der Waals surface area contributed by atoms with Gasteiger partial charge in [-0.25, -0.2) is 0 Å². The molecule has 0 saturated heterocycles. The fourth-order valence-electron chi connectivity index (χ4n) is 0.698. The van der Waals surface area contributed by atoms with E-state index in [4.69, 9.17) is 5.11 Å². The highest BCUT2D eigenvalue weighted by molar-refractivity contribution is 7.90. The van der Waals surface area contributed by atoms with E-state index in [0.717, 1.165) is 0 Å². The quantitative estimate of drug-likeness (QED) is 0.449. The number of hydrogen-bond donors (Lipinski definition) is 3. The van der Waals surface area contributed by atoms with Gasteiger partial charge in [0.25, 0.3) is 0 Å². The second-order valence-electron chi connectivity index (χ2n) is 4.01. The standard InChI is InChI=1S/C9H19NO3S/c1-5-7(8(12)6-11)10-14(13)9(2,3)4/h5,7-8,10-12H,1,6H2,2-4H3/t7-,8-,14+/m1/s1. The van der Waals surface area contributed by atoms with Crippen LogP contribution in [-0.4, -0.2) is 38.3 Å². The topological polar surface area (TPSA) is 75.5 Å². The van der Waals surface area contributed by atoms with Crippen molar-refractivity contribution in [3.05, 3.63) is 12.7 Å². The predicted octanol–water partition coefficient (Wildman–Crippen LogP) is -0.0540. The third-order valence-corrected chi connectivity index (χ3v) is 3.25. The van der Waals surface area contributed by atoms with Gasteiger partial charge >= 0.3 is 0 Å². The zero-order valence-corrected chi connectivity index (χ0v) is 9.67. The lowest BCUT2D eigenvalue weighted by Crippen LogP contribution is -2.49. The van der Waals surface area contributed by atoms with Gasteiger partial charge in [0.15, 0.2) is 0 Å². The Bertz CT molecular complexity index is 181. The van der Waals surface area contributed by atoms with Crippen LogP contribution in [0, 0.1) is 0 Å². The Morgan fingerprint density at radius 1 is 1.57 bits per heavy atom. The molecule has 84 valence electrons. The molecule has 14 heavy (non-hydrogen) atoms. The van der Waals surface area contributed by atoms with Crippen molar-refractivity contribution in [1.82, 2.24) is 4.72 Å². The van der Waals surface area contributed by atoms with Crippen molar-refractivity contribution in [3.63, 3.8) is 0 Å². The summed E-state index contributed by atoms with van der Waals surface area (Å²) < 4.78 is 13.9. The van der Waals surface area contributed by atoms with Crippen LogP contribution in [0.15, 0.2) is 12.7 Å². The number of rotatable bonds is 5. The van der Waals surface area contributed by atoms with E-state index in [1.807, 2.05) is 20.8 Å². The summed E-state index contributed by atoms with van der Waals surface area (Å²) in [6.07, 6.45) is 0.462. The maximum absolute atomic E-state index is 11.6. The van der Waals surface area contributed by atoms with E-state index in [1.54, 1.807) is 0 Å². The molecule has 0 radical (unpaired) electrons. The van der Waals surface area contributed by atoms with Gasteiger partial charge in [-0.1, -0.05) is 6.08 Å². The van der Waals surface area contributed by atoms with Gasteiger partial charge in [-0.2, -0.15) is 0 Å². The molecule has 3 atom stereocenters. The zero-order chi connectivity index (χ0) is 11.4. The largest absolute Gasteiger partial charge is 0.598 e. The Hall–Kier alpha value is -0.0700. The summed E-state index contributed by atoms with van der Waals surface area (Å²) in [4.78, 5) is 0. The molecular weight excluding hydrogens is 202 g/mol. The molecule has 0 aromatic carbocycles. The molecule has 0 aromatic rings. The average molecular weight is 221 g/mol. The highest BCUT2D eigenvalue weighted by atomic mass is 32.2. The van der Waals surface area contributed by atoms with Crippen molar-refractivity contribution in [3.8, 4) is 0 Å². The second kappa shape index (κ2) is 5.72. The average Bonchev–Trinajstić information content (AvgIpc) is 2.10. The van der Waals surface area contributed by atoms with E-state index in [2.05, 4.69) is 11.3 Å². The molecule has 0 amide bonds. The van der Waals surface area contributed by atoms with E-state index in [-0.39, 0.29) is 6.61 Å². The number of nitrogens with one attached hydrogen (secondary N) is 1. The third kappa shape index (κ3) is 4.43. The molecular formula is C9H19NO3S. The molecule has 3 N–H and O–H groups in total. The fourth-order valence-corrected chi connectivity index (χ4v) is 1.55. The normalized spacial score (nSPS) is 18.7. The van der Waals surface area contributed by atoms with Gasteiger partial charge < -0.3 is 14.8 Å². The SMILES string of the molecule is C=C[C@@H](N[S@@+]([O-])C(C)(C)C)[C@H](O)CO. The minimum atomic E-state index is -1.28. The molecule has 0 heterocycles. The van der Waals surface area contributed by atoms with Crippen LogP contribution in [0.1, 0.15) is 20.8 Å². The summed E-state index contributed by atoms with van der Waals surface area (Å²) in [7, 11) is 0. The lowest BCUT2D eigenvalue weighted by Gasteiger charge is -2.28. The predicted molar refractivity (Wildman–Crippen MR) is 58.1 cm³/mol. The van der Waals surface area contributed by atoms with Crippen molar-refractivity contribution in [1.29, 1.82) is 0 Å². The molecule has 0 aromatic heterocycles. The molecule has 4 nitrogen and oxygen atoms in total. The summed E-state index contributed by atoms with van der Waals surface area (Å²) >= 11 is -1.28. The van der Waals surface area contributed by atoms with Crippen LogP contribution >= 0.6 is 0 Å². The summed E-state index contributed by atoms with van der Waals surface area (Å²) in [6.45, 7) is 8.58. The molecule has 0 unspecified atom stereocenters. The summed E-state index contributed by atoms with van der Waals surface area (Å²) in [6, 6.07) is -0.556. The Labute approximate surface area is 88.3 Å². The van der Waals surface area contributed by atoms with Crippen LogP contribution in [0.2, 0.25) is 0 Å².